The molecule has 0 atom stereocenters. The van der Waals surface area contributed by atoms with E-state index in [9.17, 15) is 0 Å². The number of aromatic nitrogens is 4. The molecule has 0 fully saturated rings. The van der Waals surface area contributed by atoms with Gasteiger partial charge in [0.25, 0.3) is 0 Å². The second-order valence-electron chi connectivity index (χ2n) is 14.3. The first-order chi connectivity index (χ1) is 28.1. The van der Waals surface area contributed by atoms with Gasteiger partial charge in [0.1, 0.15) is 11.2 Å². The summed E-state index contributed by atoms with van der Waals surface area (Å²) in [5.74, 6) is 1.70. The zero-order valence-corrected chi connectivity index (χ0v) is 31.5. The van der Waals surface area contributed by atoms with Gasteiger partial charge < -0.3 is 4.42 Å². The van der Waals surface area contributed by atoms with Crippen LogP contribution in [0.2, 0.25) is 0 Å². The number of benzene rings is 7. The molecule has 7 aromatic carbocycles. The number of hydrogen-bond acceptors (Lipinski definition) is 5. The molecule has 0 bridgehead atoms. The summed E-state index contributed by atoms with van der Waals surface area (Å²) in [5.41, 5.74) is 14.6. The van der Waals surface area contributed by atoms with E-state index in [0.717, 1.165) is 94.5 Å². The van der Waals surface area contributed by atoms with E-state index < -0.39 is 0 Å². The zero-order chi connectivity index (χ0) is 38.3. The largest absolute Gasteiger partial charge is 0.456 e. The van der Waals surface area contributed by atoms with Crippen molar-refractivity contribution in [2.75, 3.05) is 0 Å². The maximum absolute atomic E-state index is 6.38. The Balaban J connectivity index is 1.29. The third kappa shape index (κ3) is 6.35. The van der Waals surface area contributed by atoms with Gasteiger partial charge in [-0.05, 0) is 89.2 Å². The summed E-state index contributed by atoms with van der Waals surface area (Å²) >= 11 is 0. The highest BCUT2D eigenvalue weighted by Gasteiger charge is 2.23. The first kappa shape index (κ1) is 34.0. The molecule has 0 saturated carbocycles. The summed E-state index contributed by atoms with van der Waals surface area (Å²) in [4.78, 5) is 20.9. The van der Waals surface area contributed by atoms with E-state index in [1.165, 1.54) is 0 Å². The maximum Gasteiger partial charge on any atom is 0.165 e. The second-order valence-corrected chi connectivity index (χ2v) is 14.3. The number of para-hydroxylation sites is 1. The van der Waals surface area contributed by atoms with E-state index in [2.05, 4.69) is 159 Å². The van der Waals surface area contributed by atoms with Crippen LogP contribution in [0.15, 0.2) is 186 Å². The van der Waals surface area contributed by atoms with E-state index in [4.69, 9.17) is 24.4 Å². The van der Waals surface area contributed by atoms with Crippen LogP contribution in [0.3, 0.4) is 0 Å². The van der Waals surface area contributed by atoms with Gasteiger partial charge in [0.15, 0.2) is 17.5 Å². The maximum atomic E-state index is 6.38. The molecular weight excluding hydrogens is 697 g/mol. The van der Waals surface area contributed by atoms with Crippen molar-refractivity contribution in [3.05, 3.63) is 193 Å². The Morgan fingerprint density at radius 2 is 0.895 bits per heavy atom. The SMILES string of the molecule is Cc1ccc(-c2ccccc2-c2nc(-c3ccc4c(c3)oc3ccccc34)nc(-c3c(-c4ccccc4)cc(-c4ccccc4)cc3-c3ccccc3)n2)c(C)n1. The van der Waals surface area contributed by atoms with Gasteiger partial charge in [0.05, 0.1) is 0 Å². The summed E-state index contributed by atoms with van der Waals surface area (Å²) in [6, 6.07) is 63.0. The van der Waals surface area contributed by atoms with E-state index >= 15 is 0 Å². The van der Waals surface area contributed by atoms with Crippen LogP contribution >= 0.6 is 0 Å². The predicted molar refractivity (Wildman–Crippen MR) is 232 cm³/mol. The molecule has 0 aliphatic rings. The molecule has 5 nitrogen and oxygen atoms in total. The summed E-state index contributed by atoms with van der Waals surface area (Å²) in [6.07, 6.45) is 0. The molecule has 0 saturated heterocycles. The molecule has 0 radical (unpaired) electrons. The number of hydrogen-bond donors (Lipinski definition) is 0. The van der Waals surface area contributed by atoms with E-state index in [1.807, 2.05) is 37.3 Å². The summed E-state index contributed by atoms with van der Waals surface area (Å²) < 4.78 is 6.38. The number of pyridine rings is 1. The fourth-order valence-electron chi connectivity index (χ4n) is 7.86. The van der Waals surface area contributed by atoms with Gasteiger partial charge in [-0.1, -0.05) is 146 Å². The summed E-state index contributed by atoms with van der Waals surface area (Å²) in [7, 11) is 0. The molecule has 10 aromatic rings. The van der Waals surface area contributed by atoms with Crippen LogP contribution in [-0.2, 0) is 0 Å². The van der Waals surface area contributed by atoms with E-state index in [-0.39, 0.29) is 0 Å². The fraction of sp³-hybridized carbons (Fsp3) is 0.0385. The minimum Gasteiger partial charge on any atom is -0.456 e. The smallest absolute Gasteiger partial charge is 0.165 e. The highest BCUT2D eigenvalue weighted by Crippen LogP contribution is 2.44. The first-order valence-electron chi connectivity index (χ1n) is 19.1. The highest BCUT2D eigenvalue weighted by molar-refractivity contribution is 6.06. The summed E-state index contributed by atoms with van der Waals surface area (Å²) in [5, 5.41) is 2.12. The number of furan rings is 1. The minimum absolute atomic E-state index is 0.552. The van der Waals surface area contributed by atoms with Crippen LogP contribution < -0.4 is 0 Å². The van der Waals surface area contributed by atoms with Gasteiger partial charge in [0.2, 0.25) is 0 Å². The van der Waals surface area contributed by atoms with Crippen molar-refractivity contribution < 1.29 is 4.42 Å². The van der Waals surface area contributed by atoms with Crippen LogP contribution in [-0.4, -0.2) is 19.9 Å². The second kappa shape index (κ2) is 14.3. The van der Waals surface area contributed by atoms with Gasteiger partial charge in [-0.2, -0.15) is 0 Å². The first-order valence-corrected chi connectivity index (χ1v) is 19.1. The fourth-order valence-corrected chi connectivity index (χ4v) is 7.86. The normalized spacial score (nSPS) is 11.3. The minimum atomic E-state index is 0.552. The lowest BCUT2D eigenvalue weighted by Gasteiger charge is -2.19. The van der Waals surface area contributed by atoms with Crippen molar-refractivity contribution in [3.8, 4) is 78.7 Å². The number of aryl methyl sites for hydroxylation is 2. The third-order valence-electron chi connectivity index (χ3n) is 10.6. The molecule has 0 amide bonds. The van der Waals surface area contributed by atoms with E-state index in [0.29, 0.717) is 17.5 Å². The Morgan fingerprint density at radius 3 is 1.58 bits per heavy atom. The Kier molecular flexibility index (Phi) is 8.53. The van der Waals surface area contributed by atoms with Crippen LogP contribution in [0.4, 0.5) is 0 Å². The predicted octanol–water partition coefficient (Wildman–Crippen LogP) is 13.5. The monoisotopic (exact) mass is 732 g/mol. The molecule has 270 valence electrons. The van der Waals surface area contributed by atoms with E-state index in [1.54, 1.807) is 0 Å². The Labute approximate surface area is 331 Å². The molecule has 0 unspecified atom stereocenters. The van der Waals surface area contributed by atoms with Crippen LogP contribution in [0.1, 0.15) is 11.4 Å². The molecule has 5 heteroatoms. The zero-order valence-electron chi connectivity index (χ0n) is 31.5. The van der Waals surface area contributed by atoms with Gasteiger partial charge in [-0.15, -0.1) is 0 Å². The van der Waals surface area contributed by atoms with Gasteiger partial charge in [0, 0.05) is 44.4 Å². The lowest BCUT2D eigenvalue weighted by Crippen LogP contribution is -2.04. The molecule has 3 heterocycles. The Morgan fingerprint density at radius 1 is 0.333 bits per heavy atom. The molecule has 0 N–H and O–H groups in total. The number of nitrogens with zero attached hydrogens (tertiary/aromatic N) is 4. The molecule has 57 heavy (non-hydrogen) atoms. The van der Waals surface area contributed by atoms with Crippen molar-refractivity contribution in [3.63, 3.8) is 0 Å². The van der Waals surface area contributed by atoms with Gasteiger partial charge in [-0.3, -0.25) is 4.98 Å². The molecule has 0 spiro atoms. The lowest BCUT2D eigenvalue weighted by molar-refractivity contribution is 0.669. The van der Waals surface area contributed by atoms with Crippen molar-refractivity contribution >= 4 is 21.9 Å². The lowest BCUT2D eigenvalue weighted by atomic mass is 9.87. The number of rotatable bonds is 7. The third-order valence-corrected chi connectivity index (χ3v) is 10.6. The Bertz CT molecular complexity index is 3020. The Hall–Kier alpha value is -7.50. The average molecular weight is 733 g/mol. The van der Waals surface area contributed by atoms with Crippen molar-refractivity contribution in [1.82, 2.24) is 19.9 Å². The standard InChI is InChI=1S/C52H36N4O/c1-33-26-28-40(34(2)53-33)41-22-12-13-24-44(41)51-54-50(38-27-29-43-42-23-14-15-25-47(42)57-48(43)32-38)55-52(56-51)49-45(36-18-8-4-9-19-36)30-39(35-16-6-3-7-17-35)31-46(49)37-20-10-5-11-21-37/h3-32H,1-2H3. The van der Waals surface area contributed by atoms with Crippen molar-refractivity contribution in [1.29, 1.82) is 0 Å². The molecular formula is C52H36N4O. The molecule has 0 aliphatic heterocycles. The van der Waals surface area contributed by atoms with Crippen molar-refractivity contribution in [2.24, 2.45) is 0 Å². The molecule has 0 aliphatic carbocycles. The highest BCUT2D eigenvalue weighted by atomic mass is 16.3. The van der Waals surface area contributed by atoms with Gasteiger partial charge in [-0.25, -0.2) is 15.0 Å². The quantitative estimate of drug-likeness (QED) is 0.163. The molecule has 10 rings (SSSR count). The van der Waals surface area contributed by atoms with Gasteiger partial charge >= 0.3 is 0 Å². The van der Waals surface area contributed by atoms with Crippen molar-refractivity contribution in [2.45, 2.75) is 13.8 Å². The topological polar surface area (TPSA) is 64.7 Å². The average Bonchev–Trinajstić information content (AvgIpc) is 3.65. The molecule has 3 aromatic heterocycles. The van der Waals surface area contributed by atoms with Crippen LogP contribution in [0.25, 0.3) is 101 Å². The number of fused-ring (bicyclic) bond motifs is 3. The summed E-state index contributed by atoms with van der Waals surface area (Å²) in [6.45, 7) is 4.07. The van der Waals surface area contributed by atoms with Crippen LogP contribution in [0, 0.1) is 13.8 Å². The van der Waals surface area contributed by atoms with Crippen LogP contribution in [0.5, 0.6) is 0 Å².